The summed E-state index contributed by atoms with van der Waals surface area (Å²) in [6.45, 7) is 5.19. The molecule has 0 aromatic heterocycles. The van der Waals surface area contributed by atoms with Gasteiger partial charge in [0.05, 0.1) is 6.54 Å². The van der Waals surface area contributed by atoms with E-state index in [1.54, 1.807) is 0 Å². The first-order valence-corrected chi connectivity index (χ1v) is 9.10. The molecule has 0 spiro atoms. The van der Waals surface area contributed by atoms with Crippen molar-refractivity contribution in [3.63, 3.8) is 0 Å². The first-order valence-electron chi connectivity index (χ1n) is 9.10. The van der Waals surface area contributed by atoms with Crippen molar-refractivity contribution in [1.82, 2.24) is 10.6 Å². The topological polar surface area (TPSA) is 39.7 Å². The van der Waals surface area contributed by atoms with Crippen LogP contribution in [0.3, 0.4) is 0 Å². The molecule has 0 saturated heterocycles. The molecule has 0 amide bonds. The van der Waals surface area contributed by atoms with Gasteiger partial charge in [0.15, 0.2) is 5.96 Å². The van der Waals surface area contributed by atoms with E-state index in [-0.39, 0.29) is 12.1 Å². The molecule has 4 nitrogen and oxygen atoms in total. The molecule has 0 bridgehead atoms. The fourth-order valence-corrected chi connectivity index (χ4v) is 2.87. The highest BCUT2D eigenvalue weighted by atomic mass is 19.1. The van der Waals surface area contributed by atoms with Gasteiger partial charge in [-0.3, -0.25) is 0 Å². The lowest BCUT2D eigenvalue weighted by Gasteiger charge is -2.17. The number of guanidine groups is 1. The van der Waals surface area contributed by atoms with E-state index in [4.69, 9.17) is 0 Å². The highest BCUT2D eigenvalue weighted by molar-refractivity contribution is 5.79. The second-order valence-electron chi connectivity index (χ2n) is 6.33. The first-order chi connectivity index (χ1) is 13.2. The molecule has 1 aliphatic rings. The summed E-state index contributed by atoms with van der Waals surface area (Å²) >= 11 is 0. The lowest BCUT2D eigenvalue weighted by atomic mass is 10.2. The number of hydrogen-bond acceptors (Lipinski definition) is 2. The minimum Gasteiger partial charge on any atom is -0.364 e. The Balaban J connectivity index is 1.60. The van der Waals surface area contributed by atoms with E-state index in [0.717, 1.165) is 30.8 Å². The van der Waals surface area contributed by atoms with Crippen molar-refractivity contribution in [3.05, 3.63) is 77.4 Å². The van der Waals surface area contributed by atoms with Gasteiger partial charge in [0.25, 0.3) is 0 Å². The Morgan fingerprint density at radius 1 is 1.04 bits per heavy atom. The SMILES string of the molecule is CCNC(=NCc1ccc(N2CC=CC2)cc1)NCc1cc(F)ccc1F. The third-order valence-corrected chi connectivity index (χ3v) is 4.34. The number of nitrogens with zero attached hydrogens (tertiary/aromatic N) is 2. The third kappa shape index (κ3) is 5.29. The minimum absolute atomic E-state index is 0.163. The Kier molecular flexibility index (Phi) is 6.41. The summed E-state index contributed by atoms with van der Waals surface area (Å²) in [6, 6.07) is 11.8. The maximum atomic E-state index is 13.7. The summed E-state index contributed by atoms with van der Waals surface area (Å²) in [6.07, 6.45) is 4.32. The quantitative estimate of drug-likeness (QED) is 0.464. The highest BCUT2D eigenvalue weighted by Gasteiger charge is 2.08. The van der Waals surface area contributed by atoms with Crippen LogP contribution in [0.25, 0.3) is 0 Å². The van der Waals surface area contributed by atoms with E-state index in [0.29, 0.717) is 19.0 Å². The standard InChI is InChI=1S/C21H24F2N4/c1-2-24-21(26-15-17-13-18(22)7-10-20(17)23)25-14-16-5-8-19(9-6-16)27-11-3-4-12-27/h3-10,13H,2,11-12,14-15H2,1H3,(H2,24,25,26). The van der Waals surface area contributed by atoms with Crippen LogP contribution in [0.5, 0.6) is 0 Å². The van der Waals surface area contributed by atoms with Crippen LogP contribution in [-0.2, 0) is 13.1 Å². The van der Waals surface area contributed by atoms with Crippen LogP contribution in [-0.4, -0.2) is 25.6 Å². The molecule has 0 fully saturated rings. The highest BCUT2D eigenvalue weighted by Crippen LogP contribution is 2.18. The summed E-state index contributed by atoms with van der Waals surface area (Å²) < 4.78 is 27.0. The van der Waals surface area contributed by atoms with Crippen LogP contribution in [0.4, 0.5) is 14.5 Å². The van der Waals surface area contributed by atoms with E-state index < -0.39 is 11.6 Å². The van der Waals surface area contributed by atoms with Crippen molar-refractivity contribution in [1.29, 1.82) is 0 Å². The second-order valence-corrected chi connectivity index (χ2v) is 6.33. The predicted molar refractivity (Wildman–Crippen MR) is 106 cm³/mol. The fraction of sp³-hybridized carbons (Fsp3) is 0.286. The molecule has 0 atom stereocenters. The molecule has 27 heavy (non-hydrogen) atoms. The molecule has 3 rings (SSSR count). The first kappa shape index (κ1) is 18.9. The molecule has 1 heterocycles. The van der Waals surface area contributed by atoms with E-state index in [2.05, 4.69) is 56.9 Å². The Morgan fingerprint density at radius 3 is 2.48 bits per heavy atom. The predicted octanol–water partition coefficient (Wildman–Crippen LogP) is 3.60. The largest absolute Gasteiger partial charge is 0.364 e. The van der Waals surface area contributed by atoms with Gasteiger partial charge in [-0.05, 0) is 42.8 Å². The smallest absolute Gasteiger partial charge is 0.191 e. The van der Waals surface area contributed by atoms with Crippen molar-refractivity contribution < 1.29 is 8.78 Å². The zero-order valence-electron chi connectivity index (χ0n) is 15.4. The van der Waals surface area contributed by atoms with E-state index >= 15 is 0 Å². The summed E-state index contributed by atoms with van der Waals surface area (Å²) in [4.78, 5) is 6.81. The monoisotopic (exact) mass is 370 g/mol. The van der Waals surface area contributed by atoms with Crippen molar-refractivity contribution >= 4 is 11.6 Å². The molecule has 0 radical (unpaired) electrons. The molecule has 2 aromatic rings. The molecule has 142 valence electrons. The van der Waals surface area contributed by atoms with Crippen LogP contribution in [0, 0.1) is 11.6 Å². The normalized spacial score (nSPS) is 13.9. The number of aliphatic imine (C=N–C) groups is 1. The van der Waals surface area contributed by atoms with Crippen LogP contribution in [0.1, 0.15) is 18.1 Å². The Labute approximate surface area is 158 Å². The Bertz CT molecular complexity index is 807. The molecule has 0 aliphatic carbocycles. The minimum atomic E-state index is -0.455. The lowest BCUT2D eigenvalue weighted by Crippen LogP contribution is -2.37. The van der Waals surface area contributed by atoms with Gasteiger partial charge >= 0.3 is 0 Å². The van der Waals surface area contributed by atoms with Gasteiger partial charge in [-0.1, -0.05) is 24.3 Å². The van der Waals surface area contributed by atoms with E-state index in [9.17, 15) is 8.78 Å². The van der Waals surface area contributed by atoms with Gasteiger partial charge in [0, 0.05) is 37.4 Å². The van der Waals surface area contributed by atoms with Crippen LogP contribution in [0.15, 0.2) is 59.6 Å². The van der Waals surface area contributed by atoms with Gasteiger partial charge in [0.1, 0.15) is 11.6 Å². The van der Waals surface area contributed by atoms with Crippen LogP contribution in [0.2, 0.25) is 0 Å². The average Bonchev–Trinajstić information content (AvgIpc) is 3.21. The molecular formula is C21H24F2N4. The van der Waals surface area contributed by atoms with Crippen molar-refractivity contribution in [3.8, 4) is 0 Å². The maximum absolute atomic E-state index is 13.7. The van der Waals surface area contributed by atoms with E-state index in [1.165, 1.54) is 11.8 Å². The molecular weight excluding hydrogens is 346 g/mol. The van der Waals surface area contributed by atoms with Gasteiger partial charge < -0.3 is 15.5 Å². The lowest BCUT2D eigenvalue weighted by molar-refractivity contribution is 0.581. The zero-order chi connectivity index (χ0) is 19.1. The summed E-state index contributed by atoms with van der Waals surface area (Å²) in [5, 5.41) is 6.17. The third-order valence-electron chi connectivity index (χ3n) is 4.34. The summed E-state index contributed by atoms with van der Waals surface area (Å²) in [5.41, 5.74) is 2.54. The number of halogens is 2. The number of rotatable bonds is 6. The van der Waals surface area contributed by atoms with Crippen molar-refractivity contribution in [2.45, 2.75) is 20.0 Å². The number of nitrogens with one attached hydrogen (secondary N) is 2. The summed E-state index contributed by atoms with van der Waals surface area (Å²) in [7, 11) is 0. The average molecular weight is 370 g/mol. The van der Waals surface area contributed by atoms with Gasteiger partial charge in [-0.2, -0.15) is 0 Å². The number of hydrogen-bond donors (Lipinski definition) is 2. The Morgan fingerprint density at radius 2 is 1.78 bits per heavy atom. The van der Waals surface area contributed by atoms with Crippen molar-refractivity contribution in [2.24, 2.45) is 4.99 Å². The summed E-state index contributed by atoms with van der Waals surface area (Å²) in [5.74, 6) is -0.329. The molecule has 0 unspecified atom stereocenters. The molecule has 0 saturated carbocycles. The van der Waals surface area contributed by atoms with Gasteiger partial charge in [0.2, 0.25) is 0 Å². The molecule has 2 N–H and O–H groups in total. The fourth-order valence-electron chi connectivity index (χ4n) is 2.87. The molecule has 2 aromatic carbocycles. The van der Waals surface area contributed by atoms with Gasteiger partial charge in [-0.25, -0.2) is 13.8 Å². The zero-order valence-corrected chi connectivity index (χ0v) is 15.4. The Hall–Kier alpha value is -2.89. The van der Waals surface area contributed by atoms with Crippen molar-refractivity contribution in [2.75, 3.05) is 24.5 Å². The van der Waals surface area contributed by atoms with Crippen LogP contribution >= 0.6 is 0 Å². The van der Waals surface area contributed by atoms with E-state index in [1.807, 2.05) is 6.92 Å². The maximum Gasteiger partial charge on any atom is 0.191 e. The van der Waals surface area contributed by atoms with Gasteiger partial charge in [-0.15, -0.1) is 0 Å². The molecule has 6 heteroatoms. The van der Waals surface area contributed by atoms with Crippen LogP contribution < -0.4 is 15.5 Å². The number of benzene rings is 2. The number of anilines is 1. The molecule has 1 aliphatic heterocycles. The second kappa shape index (κ2) is 9.16.